The van der Waals surface area contributed by atoms with Crippen LogP contribution in [0.2, 0.25) is 0 Å². The number of esters is 1. The molecule has 1 aromatic carbocycles. The van der Waals surface area contributed by atoms with Gasteiger partial charge in [-0.15, -0.1) is 0 Å². The van der Waals surface area contributed by atoms with Gasteiger partial charge in [-0.2, -0.15) is 5.10 Å². The van der Waals surface area contributed by atoms with Crippen LogP contribution in [0.25, 0.3) is 11.0 Å². The van der Waals surface area contributed by atoms with Crippen LogP contribution in [0.1, 0.15) is 58.2 Å². The first-order valence-electron chi connectivity index (χ1n) is 9.18. The number of rotatable bonds is 5. The molecule has 27 heavy (non-hydrogen) atoms. The van der Waals surface area contributed by atoms with Gasteiger partial charge in [-0.3, -0.25) is 4.79 Å². The Morgan fingerprint density at radius 1 is 1.11 bits per heavy atom. The minimum atomic E-state index is -0.559. The van der Waals surface area contributed by atoms with Crippen LogP contribution in [0.15, 0.2) is 36.7 Å². The maximum atomic E-state index is 12.4. The Bertz CT molecular complexity index is 1040. The summed E-state index contributed by atoms with van der Waals surface area (Å²) in [5.74, 6) is -0.754. The van der Waals surface area contributed by atoms with Crippen molar-refractivity contribution < 1.29 is 14.3 Å². The van der Waals surface area contributed by atoms with Crippen molar-refractivity contribution in [3.63, 3.8) is 0 Å². The lowest BCUT2D eigenvalue weighted by Crippen LogP contribution is -2.15. The van der Waals surface area contributed by atoms with E-state index in [1.165, 1.54) is 17.3 Å². The molecular weight excluding hydrogens is 342 g/mol. The number of nitrogens with zero attached hydrogens (tertiary/aromatic N) is 3. The monoisotopic (exact) mass is 363 g/mol. The Balaban J connectivity index is 1.44. The van der Waals surface area contributed by atoms with Crippen LogP contribution in [0, 0.1) is 0 Å². The lowest BCUT2D eigenvalue weighted by atomic mass is 10.0. The Morgan fingerprint density at radius 2 is 1.93 bits per heavy atom. The second-order valence-corrected chi connectivity index (χ2v) is 7.16. The van der Waals surface area contributed by atoms with E-state index in [4.69, 9.17) is 4.74 Å². The molecule has 1 aliphatic rings. The first-order chi connectivity index (χ1) is 13.0. The van der Waals surface area contributed by atoms with E-state index in [1.807, 2.05) is 32.0 Å². The van der Waals surface area contributed by atoms with Crippen LogP contribution < -0.4 is 0 Å². The predicted octanol–water partition coefficient (Wildman–Crippen LogP) is 3.54. The molecule has 2 heterocycles. The summed E-state index contributed by atoms with van der Waals surface area (Å²) in [6.07, 6.45) is 6.35. The fraction of sp³-hybridized carbons (Fsp3) is 0.333. The van der Waals surface area contributed by atoms with E-state index in [0.717, 1.165) is 30.3 Å². The third-order valence-corrected chi connectivity index (χ3v) is 4.91. The average Bonchev–Trinajstić information content (AvgIpc) is 3.30. The number of fused-ring (bicyclic) bond motifs is 2. The number of pyridine rings is 1. The molecule has 0 radical (unpaired) electrons. The fourth-order valence-electron chi connectivity index (χ4n) is 3.47. The molecule has 0 aliphatic heterocycles. The molecule has 6 nitrogen and oxygen atoms in total. The van der Waals surface area contributed by atoms with Crippen LogP contribution in [0.3, 0.4) is 0 Å². The number of carbonyl (C=O) groups excluding carboxylic acids is 2. The molecule has 6 heteroatoms. The zero-order chi connectivity index (χ0) is 19.0. The maximum Gasteiger partial charge on any atom is 0.340 e. The molecule has 0 amide bonds. The van der Waals surface area contributed by atoms with E-state index in [9.17, 15) is 9.59 Å². The van der Waals surface area contributed by atoms with E-state index in [2.05, 4.69) is 10.1 Å². The van der Waals surface area contributed by atoms with Gasteiger partial charge in [0.15, 0.2) is 18.0 Å². The molecule has 0 bridgehead atoms. The van der Waals surface area contributed by atoms with Gasteiger partial charge in [0.2, 0.25) is 0 Å². The summed E-state index contributed by atoms with van der Waals surface area (Å²) in [7, 11) is 0. The fourth-order valence-corrected chi connectivity index (χ4v) is 3.47. The Labute approximate surface area is 157 Å². The normalized spacial score (nSPS) is 13.1. The first-order valence-corrected chi connectivity index (χ1v) is 9.18. The van der Waals surface area contributed by atoms with Crippen molar-refractivity contribution in [1.82, 2.24) is 14.8 Å². The summed E-state index contributed by atoms with van der Waals surface area (Å²) in [6, 6.07) is 7.61. The summed E-state index contributed by atoms with van der Waals surface area (Å²) < 4.78 is 7.00. The van der Waals surface area contributed by atoms with E-state index < -0.39 is 5.97 Å². The smallest absolute Gasteiger partial charge is 0.340 e. The molecule has 0 saturated heterocycles. The first kappa shape index (κ1) is 17.4. The van der Waals surface area contributed by atoms with Crippen LogP contribution in [0.5, 0.6) is 0 Å². The van der Waals surface area contributed by atoms with Crippen molar-refractivity contribution >= 4 is 22.8 Å². The van der Waals surface area contributed by atoms with Gasteiger partial charge >= 0.3 is 5.97 Å². The molecule has 0 N–H and O–H groups in total. The number of ether oxygens (including phenoxy) is 1. The second kappa shape index (κ2) is 6.95. The number of carbonyl (C=O) groups is 2. The highest BCUT2D eigenvalue weighted by molar-refractivity contribution is 6.00. The summed E-state index contributed by atoms with van der Waals surface area (Å²) >= 11 is 0. The highest BCUT2D eigenvalue weighted by Crippen LogP contribution is 2.23. The average molecular weight is 363 g/mol. The van der Waals surface area contributed by atoms with Gasteiger partial charge in [0.05, 0.1) is 11.8 Å². The lowest BCUT2D eigenvalue weighted by molar-refractivity contribution is 0.0474. The van der Waals surface area contributed by atoms with Gasteiger partial charge in [-0.1, -0.05) is 12.1 Å². The Morgan fingerprint density at radius 3 is 2.74 bits per heavy atom. The number of hydrogen-bond donors (Lipinski definition) is 0. The van der Waals surface area contributed by atoms with Gasteiger partial charge < -0.3 is 4.74 Å². The van der Waals surface area contributed by atoms with Gasteiger partial charge in [0.25, 0.3) is 0 Å². The van der Waals surface area contributed by atoms with E-state index in [0.29, 0.717) is 11.1 Å². The second-order valence-electron chi connectivity index (χ2n) is 7.16. The standard InChI is InChI=1S/C21H21N3O3/c1-13(2)24-20-17(11-23-24)9-18(10-22-20)21(26)27-12-19(25)16-7-6-14-4-3-5-15(14)8-16/h6-11,13H,3-5,12H2,1-2H3. The van der Waals surface area contributed by atoms with Crippen molar-refractivity contribution in [1.29, 1.82) is 0 Å². The van der Waals surface area contributed by atoms with Crippen molar-refractivity contribution in [3.05, 3.63) is 58.9 Å². The van der Waals surface area contributed by atoms with Crippen LogP contribution >= 0.6 is 0 Å². The quantitative estimate of drug-likeness (QED) is 0.512. The third-order valence-electron chi connectivity index (χ3n) is 4.91. The Kier molecular flexibility index (Phi) is 4.48. The van der Waals surface area contributed by atoms with Crippen molar-refractivity contribution in [2.45, 2.75) is 39.2 Å². The molecule has 3 aromatic rings. The van der Waals surface area contributed by atoms with Gasteiger partial charge in [-0.05, 0) is 56.4 Å². The predicted molar refractivity (Wildman–Crippen MR) is 101 cm³/mol. The zero-order valence-electron chi connectivity index (χ0n) is 15.4. The molecule has 0 unspecified atom stereocenters. The number of aromatic nitrogens is 3. The molecule has 0 atom stereocenters. The summed E-state index contributed by atoms with van der Waals surface area (Å²) in [5, 5.41) is 5.05. The summed E-state index contributed by atoms with van der Waals surface area (Å²) in [5.41, 5.74) is 4.16. The molecule has 0 fully saturated rings. The molecule has 138 valence electrons. The summed E-state index contributed by atoms with van der Waals surface area (Å²) in [6.45, 7) is 3.75. The number of Topliss-reactive ketones (excluding diaryl/α,β-unsaturated/α-hetero) is 1. The molecule has 0 spiro atoms. The molecular formula is C21H21N3O3. The minimum absolute atomic E-state index is 0.178. The zero-order valence-corrected chi connectivity index (χ0v) is 15.4. The molecule has 2 aromatic heterocycles. The number of ketones is 1. The van der Waals surface area contributed by atoms with Crippen molar-refractivity contribution in [2.75, 3.05) is 6.61 Å². The van der Waals surface area contributed by atoms with E-state index in [1.54, 1.807) is 16.9 Å². The number of aryl methyl sites for hydroxylation is 2. The molecule has 1 aliphatic carbocycles. The van der Waals surface area contributed by atoms with Gasteiger partial charge in [0, 0.05) is 23.2 Å². The molecule has 0 saturated carbocycles. The largest absolute Gasteiger partial charge is 0.454 e. The van der Waals surface area contributed by atoms with Crippen molar-refractivity contribution in [2.24, 2.45) is 0 Å². The highest BCUT2D eigenvalue weighted by Gasteiger charge is 2.17. The maximum absolute atomic E-state index is 12.4. The summed E-state index contributed by atoms with van der Waals surface area (Å²) in [4.78, 5) is 29.0. The lowest BCUT2D eigenvalue weighted by Gasteiger charge is -2.07. The van der Waals surface area contributed by atoms with E-state index in [-0.39, 0.29) is 18.4 Å². The van der Waals surface area contributed by atoms with Gasteiger partial charge in [-0.25, -0.2) is 14.5 Å². The van der Waals surface area contributed by atoms with Crippen molar-refractivity contribution in [3.8, 4) is 0 Å². The third kappa shape index (κ3) is 3.35. The number of benzene rings is 1. The minimum Gasteiger partial charge on any atom is -0.454 e. The van der Waals surface area contributed by atoms with Gasteiger partial charge in [0.1, 0.15) is 0 Å². The van der Waals surface area contributed by atoms with E-state index >= 15 is 0 Å². The van der Waals surface area contributed by atoms with Crippen LogP contribution in [-0.4, -0.2) is 33.1 Å². The number of hydrogen-bond acceptors (Lipinski definition) is 5. The topological polar surface area (TPSA) is 74.1 Å². The molecule has 4 rings (SSSR count). The SMILES string of the molecule is CC(C)n1ncc2cc(C(=O)OCC(=O)c3ccc4c(c3)CCC4)cnc21. The highest BCUT2D eigenvalue weighted by atomic mass is 16.5. The van der Waals surface area contributed by atoms with Crippen LogP contribution in [-0.2, 0) is 17.6 Å². The Hall–Kier alpha value is -3.02. The van der Waals surface area contributed by atoms with Crippen LogP contribution in [0.4, 0.5) is 0 Å².